The van der Waals surface area contributed by atoms with Crippen LogP contribution in [0.15, 0.2) is 27.8 Å². The van der Waals surface area contributed by atoms with Crippen LogP contribution in [0.5, 0.6) is 0 Å². The van der Waals surface area contributed by atoms with Crippen LogP contribution in [0, 0.1) is 13.8 Å². The van der Waals surface area contributed by atoms with E-state index in [2.05, 4.69) is 41.9 Å². The second kappa shape index (κ2) is 4.83. The second-order valence-corrected chi connectivity index (χ2v) is 6.38. The molecule has 1 aliphatic heterocycles. The third-order valence-electron chi connectivity index (χ3n) is 4.77. The average molecular weight is 325 g/mol. The third-order valence-corrected chi connectivity index (χ3v) is 4.77. The van der Waals surface area contributed by atoms with E-state index in [9.17, 15) is 9.59 Å². The van der Waals surface area contributed by atoms with Gasteiger partial charge in [0.15, 0.2) is 11.2 Å². The zero-order valence-corrected chi connectivity index (χ0v) is 14.2. The number of hydrogen-bond acceptors (Lipinski definition) is 4. The molecular weight excluding hydrogens is 306 g/mol. The topological polar surface area (TPSA) is 65.1 Å². The maximum atomic E-state index is 12.6. The van der Waals surface area contributed by atoms with E-state index in [4.69, 9.17) is 0 Å². The maximum Gasteiger partial charge on any atom is 0.332 e. The van der Waals surface area contributed by atoms with Crippen LogP contribution < -0.4 is 16.1 Å². The van der Waals surface area contributed by atoms with Crippen molar-refractivity contribution >= 4 is 22.8 Å². The molecule has 1 aliphatic rings. The van der Waals surface area contributed by atoms with Crippen LogP contribution in [0.1, 0.15) is 11.1 Å². The van der Waals surface area contributed by atoms with E-state index in [-0.39, 0.29) is 11.2 Å². The Kier molecular flexibility index (Phi) is 2.97. The number of anilines is 2. The Labute approximate surface area is 138 Å². The highest BCUT2D eigenvalue weighted by atomic mass is 16.2. The number of hydrogen-bond donors (Lipinski definition) is 0. The van der Waals surface area contributed by atoms with Crippen LogP contribution in [0.2, 0.25) is 0 Å². The molecule has 0 amide bonds. The molecule has 2 aromatic heterocycles. The van der Waals surface area contributed by atoms with Gasteiger partial charge in [0.25, 0.3) is 5.56 Å². The quantitative estimate of drug-likeness (QED) is 0.674. The van der Waals surface area contributed by atoms with Crippen molar-refractivity contribution in [1.29, 1.82) is 0 Å². The maximum absolute atomic E-state index is 12.6. The Morgan fingerprint density at radius 2 is 1.79 bits per heavy atom. The molecule has 0 atom stereocenters. The summed E-state index contributed by atoms with van der Waals surface area (Å²) in [6.07, 6.45) is 0. The smallest absolute Gasteiger partial charge is 0.310 e. The van der Waals surface area contributed by atoms with Gasteiger partial charge in [-0.3, -0.25) is 13.9 Å². The summed E-state index contributed by atoms with van der Waals surface area (Å²) < 4.78 is 4.49. The van der Waals surface area contributed by atoms with Crippen LogP contribution in [0.3, 0.4) is 0 Å². The number of aromatic nitrogens is 4. The molecule has 0 N–H and O–H groups in total. The van der Waals surface area contributed by atoms with Crippen molar-refractivity contribution in [2.24, 2.45) is 14.1 Å². The predicted molar refractivity (Wildman–Crippen MR) is 93.1 cm³/mol. The molecule has 0 aliphatic carbocycles. The fourth-order valence-corrected chi connectivity index (χ4v) is 3.39. The molecule has 7 nitrogen and oxygen atoms in total. The number of rotatable bonds is 1. The minimum atomic E-state index is -0.359. The lowest BCUT2D eigenvalue weighted by atomic mass is 10.1. The highest BCUT2D eigenvalue weighted by Gasteiger charge is 2.28. The third kappa shape index (κ3) is 1.81. The van der Waals surface area contributed by atoms with Crippen LogP contribution in [0.4, 0.5) is 11.6 Å². The van der Waals surface area contributed by atoms with E-state index in [1.807, 2.05) is 4.57 Å². The first kappa shape index (κ1) is 14.7. The van der Waals surface area contributed by atoms with Crippen molar-refractivity contribution in [2.45, 2.75) is 20.4 Å². The van der Waals surface area contributed by atoms with Crippen LogP contribution in [-0.4, -0.2) is 25.2 Å². The van der Waals surface area contributed by atoms with Gasteiger partial charge in [0.1, 0.15) is 0 Å². The molecule has 7 heteroatoms. The molecule has 0 radical (unpaired) electrons. The summed E-state index contributed by atoms with van der Waals surface area (Å²) in [6, 6.07) is 6.30. The van der Waals surface area contributed by atoms with Crippen molar-refractivity contribution in [1.82, 2.24) is 18.7 Å². The molecule has 0 unspecified atom stereocenters. The summed E-state index contributed by atoms with van der Waals surface area (Å²) >= 11 is 0. The summed E-state index contributed by atoms with van der Waals surface area (Å²) in [4.78, 5) is 31.4. The number of imidazole rings is 1. The van der Waals surface area contributed by atoms with E-state index < -0.39 is 0 Å². The molecule has 0 saturated carbocycles. The lowest BCUT2D eigenvalue weighted by Crippen LogP contribution is -2.37. The lowest BCUT2D eigenvalue weighted by molar-refractivity contribution is 0.700. The normalized spacial score (nSPS) is 13.8. The molecule has 124 valence electrons. The van der Waals surface area contributed by atoms with Gasteiger partial charge >= 0.3 is 5.69 Å². The minimum Gasteiger partial charge on any atom is -0.310 e. The van der Waals surface area contributed by atoms with Gasteiger partial charge < -0.3 is 9.47 Å². The molecule has 0 spiro atoms. The molecule has 0 fully saturated rings. The molecule has 24 heavy (non-hydrogen) atoms. The van der Waals surface area contributed by atoms with Crippen molar-refractivity contribution in [3.05, 3.63) is 50.2 Å². The molecule has 3 aromatic rings. The Balaban J connectivity index is 2.02. The van der Waals surface area contributed by atoms with Crippen molar-refractivity contribution in [2.75, 3.05) is 11.4 Å². The lowest BCUT2D eigenvalue weighted by Gasteiger charge is -2.19. The van der Waals surface area contributed by atoms with E-state index >= 15 is 0 Å². The van der Waals surface area contributed by atoms with Crippen molar-refractivity contribution in [3.63, 3.8) is 0 Å². The Morgan fingerprint density at radius 1 is 1.04 bits per heavy atom. The Morgan fingerprint density at radius 3 is 2.54 bits per heavy atom. The zero-order valence-electron chi connectivity index (χ0n) is 14.2. The number of benzene rings is 1. The van der Waals surface area contributed by atoms with Gasteiger partial charge in [-0.1, -0.05) is 12.1 Å². The van der Waals surface area contributed by atoms with Crippen LogP contribution in [0.25, 0.3) is 11.2 Å². The fourth-order valence-electron chi connectivity index (χ4n) is 3.39. The highest BCUT2D eigenvalue weighted by molar-refractivity contribution is 5.78. The fraction of sp³-hybridized carbons (Fsp3) is 0.353. The zero-order chi connectivity index (χ0) is 17.2. The van der Waals surface area contributed by atoms with Gasteiger partial charge in [-0.2, -0.15) is 4.98 Å². The van der Waals surface area contributed by atoms with Gasteiger partial charge in [-0.25, -0.2) is 4.79 Å². The first-order valence-electron chi connectivity index (χ1n) is 7.91. The minimum absolute atomic E-state index is 0.297. The standard InChI is InChI=1S/C17H19N5O2/c1-10-5-6-11(2)12(9-10)21-7-8-22-13-14(18-16(21)22)19(3)17(24)20(4)15(13)23/h5-6,9H,7-8H2,1-4H3. The van der Waals surface area contributed by atoms with E-state index in [1.54, 1.807) is 7.05 Å². The van der Waals surface area contributed by atoms with E-state index in [0.29, 0.717) is 17.7 Å². The van der Waals surface area contributed by atoms with E-state index in [0.717, 1.165) is 28.3 Å². The highest BCUT2D eigenvalue weighted by Crippen LogP contribution is 2.33. The molecule has 0 bridgehead atoms. The largest absolute Gasteiger partial charge is 0.332 e. The molecular formula is C17H19N5O2. The number of aryl methyl sites for hydroxylation is 3. The average Bonchev–Trinajstić information content (AvgIpc) is 3.12. The first-order chi connectivity index (χ1) is 11.4. The summed E-state index contributed by atoms with van der Waals surface area (Å²) in [6.45, 7) is 5.55. The summed E-state index contributed by atoms with van der Waals surface area (Å²) in [5.74, 6) is 0.719. The van der Waals surface area contributed by atoms with Gasteiger partial charge in [-0.05, 0) is 31.0 Å². The summed E-state index contributed by atoms with van der Waals surface area (Å²) in [7, 11) is 3.15. The monoisotopic (exact) mass is 325 g/mol. The van der Waals surface area contributed by atoms with Gasteiger partial charge in [-0.15, -0.1) is 0 Å². The molecule has 4 rings (SSSR count). The van der Waals surface area contributed by atoms with Crippen LogP contribution in [-0.2, 0) is 20.6 Å². The van der Waals surface area contributed by atoms with Gasteiger partial charge in [0.05, 0.1) is 0 Å². The summed E-state index contributed by atoms with van der Waals surface area (Å²) in [5, 5.41) is 0. The van der Waals surface area contributed by atoms with Gasteiger partial charge in [0.2, 0.25) is 5.95 Å². The Bertz CT molecular complexity index is 1100. The molecule has 0 saturated heterocycles. The predicted octanol–water partition coefficient (Wildman–Crippen LogP) is 1.20. The first-order valence-corrected chi connectivity index (χ1v) is 7.91. The van der Waals surface area contributed by atoms with Gasteiger partial charge in [0, 0.05) is 32.9 Å². The second-order valence-electron chi connectivity index (χ2n) is 6.38. The number of nitrogens with zero attached hydrogens (tertiary/aromatic N) is 5. The summed E-state index contributed by atoms with van der Waals surface area (Å²) in [5.41, 5.74) is 3.69. The number of fused-ring (bicyclic) bond motifs is 3. The van der Waals surface area contributed by atoms with E-state index in [1.165, 1.54) is 17.2 Å². The van der Waals surface area contributed by atoms with Crippen molar-refractivity contribution in [3.8, 4) is 0 Å². The molecule has 3 heterocycles. The molecule has 1 aromatic carbocycles. The SMILES string of the molecule is Cc1ccc(C)c(N2CCn3c2nc2c3c(=O)n(C)c(=O)n2C)c1. The van der Waals surface area contributed by atoms with Crippen molar-refractivity contribution < 1.29 is 0 Å². The Hall–Kier alpha value is -2.83. The van der Waals surface area contributed by atoms with Crippen LogP contribution >= 0.6 is 0 Å².